The first-order chi connectivity index (χ1) is 14.3. The molecule has 3 heterocycles. The van der Waals surface area contributed by atoms with Crippen LogP contribution >= 0.6 is 11.3 Å². The lowest BCUT2D eigenvalue weighted by Gasteiger charge is -2.08. The maximum Gasteiger partial charge on any atom is 0.355 e. The number of hydrogen-bond acceptors (Lipinski definition) is 7. The summed E-state index contributed by atoms with van der Waals surface area (Å²) in [6.07, 6.45) is 5.48. The third-order valence-electron chi connectivity index (χ3n) is 4.32. The van der Waals surface area contributed by atoms with Gasteiger partial charge in [-0.2, -0.15) is 5.10 Å². The molecule has 0 saturated heterocycles. The Morgan fingerprint density at radius 1 is 1.17 bits per heavy atom. The van der Waals surface area contributed by atoms with Crippen molar-refractivity contribution in [1.82, 2.24) is 19.7 Å². The molecule has 0 fully saturated rings. The van der Waals surface area contributed by atoms with Gasteiger partial charge in [0.25, 0.3) is 0 Å². The van der Waals surface area contributed by atoms with Crippen LogP contribution in [0.2, 0.25) is 0 Å². The van der Waals surface area contributed by atoms with Gasteiger partial charge in [-0.3, -0.25) is 4.98 Å². The maximum atomic E-state index is 11.5. The summed E-state index contributed by atoms with van der Waals surface area (Å²) in [5, 5.41) is 20.6. The number of sulfonamides is 1. The van der Waals surface area contributed by atoms with Crippen LogP contribution in [-0.2, 0) is 16.4 Å². The highest BCUT2D eigenvalue weighted by Gasteiger charge is 2.19. The van der Waals surface area contributed by atoms with Gasteiger partial charge in [-0.15, -0.1) is 11.3 Å². The summed E-state index contributed by atoms with van der Waals surface area (Å²) in [4.78, 5) is 19.5. The van der Waals surface area contributed by atoms with Crippen LogP contribution in [0.3, 0.4) is 0 Å². The zero-order chi connectivity index (χ0) is 21.3. The molecule has 9 nitrogen and oxygen atoms in total. The molecule has 0 aliphatic rings. The van der Waals surface area contributed by atoms with Crippen molar-refractivity contribution in [2.24, 2.45) is 5.14 Å². The minimum atomic E-state index is -3.76. The van der Waals surface area contributed by atoms with Gasteiger partial charge in [-0.05, 0) is 29.8 Å². The van der Waals surface area contributed by atoms with E-state index in [4.69, 9.17) is 10.2 Å². The molecule has 11 heteroatoms. The number of benzene rings is 1. The molecule has 0 saturated carbocycles. The third kappa shape index (κ3) is 3.99. The minimum Gasteiger partial charge on any atom is -0.476 e. The largest absolute Gasteiger partial charge is 0.476 e. The van der Waals surface area contributed by atoms with Crippen LogP contribution in [0.25, 0.3) is 16.4 Å². The number of aromatic carboxylic acids is 1. The molecular formula is C19H15N5O4S2. The molecule has 0 unspecified atom stereocenters. The highest BCUT2D eigenvalue weighted by molar-refractivity contribution is 7.89. The second kappa shape index (κ2) is 7.78. The normalized spacial score (nSPS) is 11.5. The van der Waals surface area contributed by atoms with Crippen molar-refractivity contribution in [3.05, 3.63) is 77.2 Å². The second-order valence-corrected chi connectivity index (χ2v) is 8.76. The van der Waals surface area contributed by atoms with E-state index in [1.54, 1.807) is 41.5 Å². The van der Waals surface area contributed by atoms with Crippen LogP contribution in [0.15, 0.2) is 65.3 Å². The molecule has 0 aliphatic carbocycles. The van der Waals surface area contributed by atoms with Crippen LogP contribution in [0.4, 0.5) is 0 Å². The van der Waals surface area contributed by atoms with Crippen molar-refractivity contribution in [3.63, 3.8) is 0 Å². The first kappa shape index (κ1) is 19.9. The van der Waals surface area contributed by atoms with E-state index in [1.165, 1.54) is 28.8 Å². The van der Waals surface area contributed by atoms with Crippen molar-refractivity contribution in [3.8, 4) is 16.4 Å². The van der Waals surface area contributed by atoms with Crippen molar-refractivity contribution in [2.45, 2.75) is 11.3 Å². The number of hydrogen-bond donors (Lipinski definition) is 2. The van der Waals surface area contributed by atoms with Crippen molar-refractivity contribution in [2.75, 3.05) is 0 Å². The molecule has 0 amide bonds. The Kier molecular flexibility index (Phi) is 5.16. The molecule has 0 bridgehead atoms. The van der Waals surface area contributed by atoms with E-state index in [0.29, 0.717) is 11.6 Å². The van der Waals surface area contributed by atoms with Gasteiger partial charge >= 0.3 is 5.97 Å². The molecule has 3 N–H and O–H groups in total. The predicted octanol–water partition coefficient (Wildman–Crippen LogP) is 2.33. The number of aromatic nitrogens is 4. The Bertz CT molecular complexity index is 1310. The molecule has 0 atom stereocenters. The Labute approximate surface area is 175 Å². The van der Waals surface area contributed by atoms with Gasteiger partial charge in [-0.25, -0.2) is 28.0 Å². The summed E-state index contributed by atoms with van der Waals surface area (Å²) in [5.41, 5.74) is 3.17. The Morgan fingerprint density at radius 2 is 1.93 bits per heavy atom. The van der Waals surface area contributed by atoms with E-state index < -0.39 is 16.0 Å². The summed E-state index contributed by atoms with van der Waals surface area (Å²) in [6, 6.07) is 9.96. The Hall–Kier alpha value is -3.41. The molecule has 30 heavy (non-hydrogen) atoms. The summed E-state index contributed by atoms with van der Waals surface area (Å²) < 4.78 is 24.5. The van der Waals surface area contributed by atoms with Crippen LogP contribution < -0.4 is 5.14 Å². The van der Waals surface area contributed by atoms with Gasteiger partial charge in [0.1, 0.15) is 0 Å². The van der Waals surface area contributed by atoms with Crippen molar-refractivity contribution in [1.29, 1.82) is 0 Å². The van der Waals surface area contributed by atoms with Gasteiger partial charge < -0.3 is 5.11 Å². The average molecular weight is 441 g/mol. The number of carbonyl (C=O) groups is 1. The number of carboxylic acid groups (broad SMARTS) is 1. The smallest absolute Gasteiger partial charge is 0.355 e. The van der Waals surface area contributed by atoms with Crippen LogP contribution in [-0.4, -0.2) is 39.2 Å². The minimum absolute atomic E-state index is 0.0402. The van der Waals surface area contributed by atoms with Gasteiger partial charge in [0.15, 0.2) is 5.69 Å². The van der Waals surface area contributed by atoms with E-state index in [-0.39, 0.29) is 10.6 Å². The molecule has 152 valence electrons. The van der Waals surface area contributed by atoms with Gasteiger partial charge in [-0.1, -0.05) is 12.1 Å². The van der Waals surface area contributed by atoms with Crippen molar-refractivity contribution < 1.29 is 18.3 Å². The average Bonchev–Trinajstić information content (AvgIpc) is 3.35. The topological polar surface area (TPSA) is 141 Å². The van der Waals surface area contributed by atoms with Crippen LogP contribution in [0, 0.1) is 0 Å². The maximum absolute atomic E-state index is 11.5. The third-order valence-corrected chi connectivity index (χ3v) is 6.06. The monoisotopic (exact) mass is 441 g/mol. The lowest BCUT2D eigenvalue weighted by Crippen LogP contribution is -2.11. The zero-order valence-electron chi connectivity index (χ0n) is 15.3. The molecule has 1 aromatic carbocycles. The number of nitrogens with zero attached hydrogens (tertiary/aromatic N) is 4. The lowest BCUT2D eigenvalue weighted by molar-refractivity contribution is 0.0691. The molecule has 4 aromatic rings. The Balaban J connectivity index is 1.76. The molecular weight excluding hydrogens is 426 g/mol. The molecule has 0 radical (unpaired) electrons. The number of primary sulfonamides is 1. The van der Waals surface area contributed by atoms with E-state index in [1.807, 2.05) is 6.07 Å². The lowest BCUT2D eigenvalue weighted by atomic mass is 10.0. The van der Waals surface area contributed by atoms with Crippen LogP contribution in [0.5, 0.6) is 0 Å². The van der Waals surface area contributed by atoms with Gasteiger partial charge in [0.2, 0.25) is 15.2 Å². The van der Waals surface area contributed by atoms with Gasteiger partial charge in [0, 0.05) is 35.3 Å². The zero-order valence-corrected chi connectivity index (χ0v) is 17.0. The van der Waals surface area contributed by atoms with Crippen molar-refractivity contribution >= 4 is 27.3 Å². The molecule has 0 aliphatic heterocycles. The number of carboxylic acids is 1. The standard InChI is InChI=1S/C19H15N5O4S2/c20-30(27,28)15-5-3-12(4-6-15)8-14-10-22-24(17(14)13-2-1-7-21-9-13)19-23-16(11-29-19)18(25)26/h1-7,9-11H,8H2,(H,25,26)(H2,20,27,28). The summed E-state index contributed by atoms with van der Waals surface area (Å²) in [5.74, 6) is -1.11. The fourth-order valence-corrected chi connectivity index (χ4v) is 4.22. The molecule has 4 rings (SSSR count). The first-order valence-electron chi connectivity index (χ1n) is 8.61. The summed E-state index contributed by atoms with van der Waals surface area (Å²) in [7, 11) is -3.76. The van der Waals surface area contributed by atoms with E-state index in [0.717, 1.165) is 22.4 Å². The molecule has 0 spiro atoms. The summed E-state index contributed by atoms with van der Waals surface area (Å²) in [6.45, 7) is 0. The van der Waals surface area contributed by atoms with E-state index in [9.17, 15) is 13.2 Å². The fraction of sp³-hybridized carbons (Fsp3) is 0.0526. The number of nitrogens with two attached hydrogens (primary N) is 1. The van der Waals surface area contributed by atoms with E-state index in [2.05, 4.69) is 15.1 Å². The van der Waals surface area contributed by atoms with Crippen LogP contribution in [0.1, 0.15) is 21.6 Å². The molecule has 3 aromatic heterocycles. The quantitative estimate of drug-likeness (QED) is 0.468. The SMILES string of the molecule is NS(=O)(=O)c1ccc(Cc2cnn(-c3nc(C(=O)O)cs3)c2-c2cccnc2)cc1. The summed E-state index contributed by atoms with van der Waals surface area (Å²) >= 11 is 1.17. The fourth-order valence-electron chi connectivity index (χ4n) is 2.94. The second-order valence-electron chi connectivity index (χ2n) is 6.36. The Morgan fingerprint density at radius 3 is 2.53 bits per heavy atom. The number of pyridine rings is 1. The number of thiazole rings is 1. The van der Waals surface area contributed by atoms with Gasteiger partial charge in [0.05, 0.1) is 16.8 Å². The predicted molar refractivity (Wildman–Crippen MR) is 110 cm³/mol. The van der Waals surface area contributed by atoms with E-state index >= 15 is 0 Å². The highest BCUT2D eigenvalue weighted by Crippen LogP contribution is 2.29. The first-order valence-corrected chi connectivity index (χ1v) is 11.0. The highest BCUT2D eigenvalue weighted by atomic mass is 32.2. The number of rotatable bonds is 6.